The Bertz CT molecular complexity index is 336. The lowest BCUT2D eigenvalue weighted by Crippen LogP contribution is -2.23. The van der Waals surface area contributed by atoms with E-state index in [9.17, 15) is 9.59 Å². The van der Waals surface area contributed by atoms with Gasteiger partial charge in [0.05, 0.1) is 16.4 Å². The second-order valence-electron chi connectivity index (χ2n) is 2.05. The van der Waals surface area contributed by atoms with Gasteiger partial charge in [0.15, 0.2) is 0 Å². The zero-order valence-electron chi connectivity index (χ0n) is 6.67. The first kappa shape index (κ1) is 10.0. The summed E-state index contributed by atoms with van der Waals surface area (Å²) in [5.74, 6) is -1.73. The number of rotatable bonds is 1. The Balaban J connectivity index is 2.60. The van der Waals surface area contributed by atoms with Crippen molar-refractivity contribution >= 4 is 39.8 Å². The van der Waals surface area contributed by atoms with Crippen LogP contribution in [0.4, 0.5) is 5.00 Å². The lowest BCUT2D eigenvalue weighted by atomic mass is 10.5. The molecule has 0 aromatic carbocycles. The lowest BCUT2D eigenvalue weighted by Gasteiger charge is -1.98. The van der Waals surface area contributed by atoms with Gasteiger partial charge in [-0.05, 0) is 12.1 Å². The van der Waals surface area contributed by atoms with Crippen molar-refractivity contribution in [3.05, 3.63) is 16.5 Å². The topological polar surface area (TPSA) is 55.4 Å². The number of esters is 1. The molecule has 0 aliphatic heterocycles. The molecule has 1 aromatic rings. The van der Waals surface area contributed by atoms with Crippen LogP contribution in [0.25, 0.3) is 0 Å². The SMILES string of the molecule is COC(=O)C(=O)Nc1ccc(Cl)s1. The highest BCUT2D eigenvalue weighted by atomic mass is 35.5. The Labute approximate surface area is 83.5 Å². The number of hydrogen-bond donors (Lipinski definition) is 1. The molecule has 0 atom stereocenters. The summed E-state index contributed by atoms with van der Waals surface area (Å²) in [5.41, 5.74) is 0. The van der Waals surface area contributed by atoms with Crippen LogP contribution in [0.1, 0.15) is 0 Å². The van der Waals surface area contributed by atoms with Crippen molar-refractivity contribution in [2.45, 2.75) is 0 Å². The largest absolute Gasteiger partial charge is 0.462 e. The van der Waals surface area contributed by atoms with E-state index in [2.05, 4.69) is 10.1 Å². The van der Waals surface area contributed by atoms with Gasteiger partial charge in [0, 0.05) is 0 Å². The van der Waals surface area contributed by atoms with E-state index in [0.29, 0.717) is 9.34 Å². The molecule has 0 radical (unpaired) electrons. The van der Waals surface area contributed by atoms with Gasteiger partial charge in [0.1, 0.15) is 0 Å². The molecule has 1 aromatic heterocycles. The third kappa shape index (κ3) is 2.71. The molecule has 0 saturated carbocycles. The molecule has 0 spiro atoms. The Kier molecular flexibility index (Phi) is 3.27. The normalized spacial score (nSPS) is 9.38. The summed E-state index contributed by atoms with van der Waals surface area (Å²) < 4.78 is 4.75. The fraction of sp³-hybridized carbons (Fsp3) is 0.143. The highest BCUT2D eigenvalue weighted by molar-refractivity contribution is 7.20. The van der Waals surface area contributed by atoms with Gasteiger partial charge in [-0.25, -0.2) is 4.79 Å². The highest BCUT2D eigenvalue weighted by Crippen LogP contribution is 2.25. The molecule has 0 bridgehead atoms. The van der Waals surface area contributed by atoms with Crippen LogP contribution in [-0.4, -0.2) is 19.0 Å². The maximum atomic E-state index is 10.9. The molecule has 13 heavy (non-hydrogen) atoms. The highest BCUT2D eigenvalue weighted by Gasteiger charge is 2.14. The first-order valence-electron chi connectivity index (χ1n) is 3.28. The number of anilines is 1. The summed E-state index contributed by atoms with van der Waals surface area (Å²) in [5, 5.41) is 2.85. The number of halogens is 1. The Hall–Kier alpha value is -1.07. The smallest absolute Gasteiger partial charge is 0.396 e. The van der Waals surface area contributed by atoms with Gasteiger partial charge in [-0.3, -0.25) is 4.79 Å². The molecule has 1 heterocycles. The number of thiophene rings is 1. The van der Waals surface area contributed by atoms with E-state index in [4.69, 9.17) is 11.6 Å². The molecule has 0 aliphatic carbocycles. The fourth-order valence-corrected chi connectivity index (χ4v) is 1.58. The van der Waals surface area contributed by atoms with Crippen LogP contribution in [0, 0.1) is 0 Å². The average Bonchev–Trinajstić information content (AvgIpc) is 2.49. The summed E-state index contributed by atoms with van der Waals surface area (Å²) in [6.45, 7) is 0. The third-order valence-corrected chi connectivity index (χ3v) is 2.33. The van der Waals surface area contributed by atoms with Crippen LogP contribution >= 0.6 is 22.9 Å². The summed E-state index contributed by atoms with van der Waals surface area (Å²) >= 11 is 6.78. The van der Waals surface area contributed by atoms with Crippen LogP contribution in [0.15, 0.2) is 12.1 Å². The minimum absolute atomic E-state index is 0.514. The minimum Gasteiger partial charge on any atom is -0.462 e. The Morgan fingerprint density at radius 2 is 2.23 bits per heavy atom. The molecule has 1 N–H and O–H groups in total. The van der Waals surface area contributed by atoms with Crippen molar-refractivity contribution in [3.63, 3.8) is 0 Å². The van der Waals surface area contributed by atoms with Gasteiger partial charge in [-0.1, -0.05) is 11.6 Å². The van der Waals surface area contributed by atoms with Crippen LogP contribution in [0.3, 0.4) is 0 Å². The Morgan fingerprint density at radius 3 is 2.69 bits per heavy atom. The zero-order valence-corrected chi connectivity index (χ0v) is 8.24. The minimum atomic E-state index is -0.926. The van der Waals surface area contributed by atoms with E-state index in [1.807, 2.05) is 0 Å². The van der Waals surface area contributed by atoms with E-state index in [-0.39, 0.29) is 0 Å². The standard InChI is InChI=1S/C7H6ClNO3S/c1-12-7(11)6(10)9-5-3-2-4(8)13-5/h2-3H,1H3,(H,9,10). The fourth-order valence-electron chi connectivity index (χ4n) is 0.637. The van der Waals surface area contributed by atoms with Gasteiger partial charge in [-0.15, -0.1) is 11.3 Å². The molecule has 6 heteroatoms. The second kappa shape index (κ2) is 4.25. The van der Waals surface area contributed by atoms with Crippen molar-refractivity contribution in [1.82, 2.24) is 0 Å². The molecule has 4 nitrogen and oxygen atoms in total. The lowest BCUT2D eigenvalue weighted by molar-refractivity contribution is -0.150. The number of methoxy groups -OCH3 is 1. The molecular weight excluding hydrogens is 214 g/mol. The van der Waals surface area contributed by atoms with Crippen molar-refractivity contribution in [2.24, 2.45) is 0 Å². The number of ether oxygens (including phenoxy) is 1. The van der Waals surface area contributed by atoms with Crippen molar-refractivity contribution in [2.75, 3.05) is 12.4 Å². The van der Waals surface area contributed by atoms with Crippen molar-refractivity contribution < 1.29 is 14.3 Å². The molecule has 0 unspecified atom stereocenters. The summed E-state index contributed by atoms with van der Waals surface area (Å²) in [4.78, 5) is 21.6. The number of hydrogen-bond acceptors (Lipinski definition) is 4. The van der Waals surface area contributed by atoms with E-state index < -0.39 is 11.9 Å². The van der Waals surface area contributed by atoms with Gasteiger partial charge in [-0.2, -0.15) is 0 Å². The molecular formula is C7H6ClNO3S. The van der Waals surface area contributed by atoms with E-state index in [0.717, 1.165) is 7.11 Å². The van der Waals surface area contributed by atoms with Crippen LogP contribution in [0.2, 0.25) is 4.34 Å². The van der Waals surface area contributed by atoms with Crippen molar-refractivity contribution in [1.29, 1.82) is 0 Å². The predicted molar refractivity (Wildman–Crippen MR) is 50.0 cm³/mol. The molecule has 0 saturated heterocycles. The van der Waals surface area contributed by atoms with Gasteiger partial charge < -0.3 is 10.1 Å². The predicted octanol–water partition coefficient (Wildman–Crippen LogP) is 1.51. The summed E-state index contributed by atoms with van der Waals surface area (Å²) in [6.07, 6.45) is 0. The number of carbonyl (C=O) groups excluding carboxylic acids is 2. The molecule has 0 fully saturated rings. The van der Waals surface area contributed by atoms with Crippen LogP contribution in [-0.2, 0) is 14.3 Å². The average molecular weight is 220 g/mol. The summed E-state index contributed by atoms with van der Waals surface area (Å²) in [7, 11) is 1.14. The van der Waals surface area contributed by atoms with Gasteiger partial charge in [0.25, 0.3) is 0 Å². The number of amides is 1. The monoisotopic (exact) mass is 219 g/mol. The molecule has 1 amide bonds. The van der Waals surface area contributed by atoms with Crippen LogP contribution in [0.5, 0.6) is 0 Å². The Morgan fingerprint density at radius 1 is 1.54 bits per heavy atom. The van der Waals surface area contributed by atoms with E-state index in [1.54, 1.807) is 12.1 Å². The molecule has 70 valence electrons. The summed E-state index contributed by atoms with van der Waals surface area (Å²) in [6, 6.07) is 3.23. The molecule has 1 rings (SSSR count). The van der Waals surface area contributed by atoms with Crippen LogP contribution < -0.4 is 5.32 Å². The second-order valence-corrected chi connectivity index (χ2v) is 3.76. The zero-order chi connectivity index (χ0) is 9.84. The van der Waals surface area contributed by atoms with E-state index in [1.165, 1.54) is 11.3 Å². The van der Waals surface area contributed by atoms with Gasteiger partial charge in [0.2, 0.25) is 0 Å². The van der Waals surface area contributed by atoms with Crippen molar-refractivity contribution in [3.8, 4) is 0 Å². The van der Waals surface area contributed by atoms with E-state index >= 15 is 0 Å². The third-order valence-electron chi connectivity index (χ3n) is 1.18. The first-order valence-corrected chi connectivity index (χ1v) is 4.47. The maximum absolute atomic E-state index is 10.9. The van der Waals surface area contributed by atoms with Gasteiger partial charge >= 0.3 is 11.9 Å². The number of nitrogens with one attached hydrogen (secondary N) is 1. The number of carbonyl (C=O) groups is 2. The maximum Gasteiger partial charge on any atom is 0.396 e. The quantitative estimate of drug-likeness (QED) is 0.576. The first-order chi connectivity index (χ1) is 6.13. The molecule has 0 aliphatic rings.